The van der Waals surface area contributed by atoms with Crippen molar-refractivity contribution in [3.63, 3.8) is 0 Å². The highest BCUT2D eigenvalue weighted by Crippen LogP contribution is 2.29. The van der Waals surface area contributed by atoms with Crippen molar-refractivity contribution in [2.75, 3.05) is 26.4 Å². The van der Waals surface area contributed by atoms with Gasteiger partial charge >= 0.3 is 35.8 Å². The first-order valence-corrected chi connectivity index (χ1v) is 36.7. The van der Waals surface area contributed by atoms with Crippen LogP contribution in [0.1, 0.15) is 99.3 Å². The topological polar surface area (TPSA) is 229 Å². The summed E-state index contributed by atoms with van der Waals surface area (Å²) in [7, 11) is -7.48. The first-order valence-electron chi connectivity index (χ1n) is 24.3. The molecule has 15 nitrogen and oxygen atoms in total. The van der Waals surface area contributed by atoms with Gasteiger partial charge in [0.25, 0.3) is 0 Å². The van der Waals surface area contributed by atoms with Gasteiger partial charge in [0.15, 0.2) is 33.3 Å². The number of cyclic esters (lactones) is 2. The molecule has 4 N–H and O–H groups in total. The van der Waals surface area contributed by atoms with Crippen LogP contribution in [0, 0.1) is 35.5 Å². The first kappa shape index (κ1) is 67.0. The molecule has 3 unspecified atom stereocenters. The Balaban J connectivity index is 0. The number of rotatable bonds is 32. The van der Waals surface area contributed by atoms with E-state index in [2.05, 4.69) is 76.8 Å². The second-order valence-corrected chi connectivity index (χ2v) is 39.4. The summed E-state index contributed by atoms with van der Waals surface area (Å²) in [5.41, 5.74) is 1.86. The van der Waals surface area contributed by atoms with Gasteiger partial charge in [0.05, 0.1) is 50.2 Å². The molecule has 0 amide bonds. The van der Waals surface area contributed by atoms with Gasteiger partial charge in [-0.05, 0) is 133 Å². The van der Waals surface area contributed by atoms with Gasteiger partial charge in [0.2, 0.25) is 0 Å². The number of carbonyl (C=O) groups is 6. The number of hydrogen-bond acceptors (Lipinski definition) is 13. The fourth-order valence-electron chi connectivity index (χ4n) is 7.85. The highest BCUT2D eigenvalue weighted by molar-refractivity contribution is 6.85. The van der Waals surface area contributed by atoms with E-state index >= 15 is 0 Å². The van der Waals surface area contributed by atoms with E-state index in [1.54, 1.807) is 0 Å². The highest BCUT2D eigenvalue weighted by atomic mass is 28.4. The molecule has 0 aromatic heterocycles. The summed E-state index contributed by atoms with van der Waals surface area (Å²) >= 11 is 0. The predicted octanol–water partition coefficient (Wildman–Crippen LogP) is 10.1. The van der Waals surface area contributed by atoms with Crippen LogP contribution in [0.5, 0.6) is 0 Å². The Bertz CT molecular complexity index is 1620. The maximum Gasteiger partial charge on any atom is 0.321 e. The van der Waals surface area contributed by atoms with Gasteiger partial charge in [-0.3, -0.25) is 28.8 Å². The SMILES string of the molecule is C=C(CC(C)C)C(CC(=O)OCCC[Si](C)(C)O[Si](C)(C)CCOC(=O)CC(C(=C)CC(C)C)C(=O)O)C(=O)O.C=C(CC(C)C)C1CC(=O)OC1=O.C[Si](C)(CCCO)O[Si](C)(C)CCCO. The fourth-order valence-corrected chi connectivity index (χ4v) is 25.1. The lowest BCUT2D eigenvalue weighted by Crippen LogP contribution is -2.45. The van der Waals surface area contributed by atoms with Crippen LogP contribution in [-0.2, 0) is 51.2 Å². The van der Waals surface area contributed by atoms with Crippen molar-refractivity contribution < 1.29 is 71.6 Å². The van der Waals surface area contributed by atoms with E-state index in [9.17, 15) is 39.0 Å². The van der Waals surface area contributed by atoms with Gasteiger partial charge in [0, 0.05) is 13.2 Å². The molecular formula is C49H92O15Si4. The van der Waals surface area contributed by atoms with E-state index in [0.29, 0.717) is 42.4 Å². The lowest BCUT2D eigenvalue weighted by atomic mass is 9.90. The summed E-state index contributed by atoms with van der Waals surface area (Å²) in [6.45, 7) is 41.5. The molecule has 1 rings (SSSR count). The van der Waals surface area contributed by atoms with Crippen LogP contribution in [0.15, 0.2) is 36.5 Å². The summed E-state index contributed by atoms with van der Waals surface area (Å²) in [4.78, 5) is 69.6. The van der Waals surface area contributed by atoms with Crippen LogP contribution in [0.3, 0.4) is 0 Å². The second kappa shape index (κ2) is 32.8. The molecule has 1 aliphatic heterocycles. The number of hydrogen-bond donors (Lipinski definition) is 4. The molecule has 1 saturated heterocycles. The van der Waals surface area contributed by atoms with Crippen molar-refractivity contribution >= 4 is 69.1 Å². The average Bonchev–Trinajstić information content (AvgIpc) is 3.51. The van der Waals surface area contributed by atoms with E-state index < -0.39 is 86.8 Å². The molecule has 1 fully saturated rings. The quantitative estimate of drug-likeness (QED) is 0.0123. The Morgan fingerprint density at radius 2 is 0.926 bits per heavy atom. The minimum atomic E-state index is -2.19. The molecule has 0 saturated carbocycles. The molecule has 68 heavy (non-hydrogen) atoms. The van der Waals surface area contributed by atoms with Gasteiger partial charge in [-0.15, -0.1) is 0 Å². The number of aliphatic hydroxyl groups excluding tert-OH is 2. The number of aliphatic carboxylic acids is 2. The largest absolute Gasteiger partial charge is 0.481 e. The lowest BCUT2D eigenvalue weighted by molar-refractivity contribution is -0.153. The Labute approximate surface area is 413 Å². The molecule has 0 spiro atoms. The van der Waals surface area contributed by atoms with Gasteiger partial charge < -0.3 is 42.9 Å². The van der Waals surface area contributed by atoms with Gasteiger partial charge in [-0.25, -0.2) is 0 Å². The normalized spacial score (nSPS) is 15.1. The third-order valence-electron chi connectivity index (χ3n) is 10.8. The molecule has 0 aromatic rings. The average molecular weight is 1030 g/mol. The van der Waals surface area contributed by atoms with Crippen LogP contribution >= 0.6 is 0 Å². The van der Waals surface area contributed by atoms with E-state index in [4.69, 9.17) is 27.9 Å². The molecule has 0 aromatic carbocycles. The van der Waals surface area contributed by atoms with E-state index in [1.807, 2.05) is 41.5 Å². The maximum atomic E-state index is 12.3. The molecule has 3 atom stereocenters. The van der Waals surface area contributed by atoms with Crippen molar-refractivity contribution in [1.29, 1.82) is 0 Å². The number of aliphatic hydroxyl groups is 2. The van der Waals surface area contributed by atoms with Gasteiger partial charge in [0.1, 0.15) is 0 Å². The zero-order valence-corrected chi connectivity index (χ0v) is 48.4. The van der Waals surface area contributed by atoms with E-state index in [-0.39, 0.29) is 57.5 Å². The molecule has 1 aliphatic rings. The minimum absolute atomic E-state index is 0.163. The van der Waals surface area contributed by atoms with Crippen molar-refractivity contribution in [3.05, 3.63) is 36.5 Å². The Hall–Kier alpha value is -3.05. The smallest absolute Gasteiger partial charge is 0.321 e. The second-order valence-electron chi connectivity index (χ2n) is 21.7. The molecular weight excluding hydrogens is 941 g/mol. The molecule has 0 bridgehead atoms. The number of esters is 4. The third-order valence-corrected chi connectivity index (χ3v) is 25.8. The number of carboxylic acid groups (broad SMARTS) is 2. The number of carboxylic acids is 2. The van der Waals surface area contributed by atoms with Gasteiger partial charge in [-0.2, -0.15) is 0 Å². The summed E-state index contributed by atoms with van der Waals surface area (Å²) in [5.74, 6) is -5.45. The summed E-state index contributed by atoms with van der Waals surface area (Å²) < 4.78 is 27.9. The van der Waals surface area contributed by atoms with E-state index in [1.165, 1.54) is 0 Å². The highest BCUT2D eigenvalue weighted by Gasteiger charge is 2.36. The van der Waals surface area contributed by atoms with Crippen LogP contribution in [0.2, 0.25) is 76.6 Å². The number of carbonyl (C=O) groups excluding carboxylic acids is 4. The van der Waals surface area contributed by atoms with Crippen LogP contribution in [0.25, 0.3) is 0 Å². The third kappa shape index (κ3) is 32.7. The van der Waals surface area contributed by atoms with Crippen molar-refractivity contribution in [1.82, 2.24) is 0 Å². The zero-order chi connectivity index (χ0) is 53.2. The van der Waals surface area contributed by atoms with Crippen LogP contribution < -0.4 is 0 Å². The van der Waals surface area contributed by atoms with Crippen molar-refractivity contribution in [2.45, 2.75) is 176 Å². The Morgan fingerprint density at radius 1 is 0.574 bits per heavy atom. The maximum absolute atomic E-state index is 12.3. The lowest BCUT2D eigenvalue weighted by Gasteiger charge is -2.34. The summed E-state index contributed by atoms with van der Waals surface area (Å²) in [6.07, 6.45) is 3.86. The van der Waals surface area contributed by atoms with Crippen molar-refractivity contribution in [3.8, 4) is 0 Å². The fraction of sp³-hybridized carbons (Fsp3) is 0.755. The summed E-state index contributed by atoms with van der Waals surface area (Å²) in [5, 5.41) is 36.6. The molecule has 1 heterocycles. The molecule has 0 aliphatic carbocycles. The monoisotopic (exact) mass is 1030 g/mol. The Morgan fingerprint density at radius 3 is 1.25 bits per heavy atom. The van der Waals surface area contributed by atoms with Gasteiger partial charge in [-0.1, -0.05) is 78.0 Å². The zero-order valence-electron chi connectivity index (χ0n) is 44.4. The molecule has 19 heteroatoms. The summed E-state index contributed by atoms with van der Waals surface area (Å²) in [6, 6.07) is 3.38. The van der Waals surface area contributed by atoms with Crippen LogP contribution in [0.4, 0.5) is 0 Å². The standard InChI is InChI=1S/C29H52O9Si2.C10H26O3Si2.C10H14O3/c1-20(2)16-22(5)24(28(32)33)18-26(30)36-12-11-14-39(7,8)38-40(9,10)15-13-37-27(31)19-25(29(34)35)23(6)17-21(3)4;1-14(2,9-5-7-11)13-15(3,4)10-6-8-12;1-6(2)4-7(3)8-5-9(11)13-10(8)12/h20-21,24-25H,5-6,11-19H2,1-4,7-10H3,(H,32,33)(H,34,35);11-12H,5-10H2,1-4H3;6,8H,3-5H2,1-2H3. The number of ether oxygens (including phenoxy) is 3. The van der Waals surface area contributed by atoms with Crippen molar-refractivity contribution in [2.24, 2.45) is 35.5 Å². The predicted molar refractivity (Wildman–Crippen MR) is 278 cm³/mol. The van der Waals surface area contributed by atoms with E-state index in [0.717, 1.165) is 43.0 Å². The minimum Gasteiger partial charge on any atom is -0.481 e. The Kier molecular flexibility index (Phi) is 32.3. The van der Waals surface area contributed by atoms with Crippen LogP contribution in [-0.4, -0.2) is 116 Å². The molecule has 394 valence electrons. The first-order chi connectivity index (χ1) is 31.1. The molecule has 0 radical (unpaired) electrons.